The molecule has 1 aromatic carbocycles. The summed E-state index contributed by atoms with van der Waals surface area (Å²) in [5.74, 6) is -0.220. The van der Waals surface area contributed by atoms with Crippen LogP contribution in [0, 0.1) is 12.7 Å². The van der Waals surface area contributed by atoms with E-state index in [0.717, 1.165) is 16.8 Å². The van der Waals surface area contributed by atoms with Crippen LogP contribution in [0.25, 0.3) is 10.9 Å². The molecule has 1 aliphatic rings. The maximum atomic E-state index is 13.9. The van der Waals surface area contributed by atoms with Gasteiger partial charge in [0, 0.05) is 29.9 Å². The fourth-order valence-electron chi connectivity index (χ4n) is 2.75. The number of benzene rings is 1. The number of hydrogen-bond acceptors (Lipinski definition) is 4. The Balaban J connectivity index is 2.11. The third-order valence-corrected chi connectivity index (χ3v) is 6.10. The molecular formula is C15H17FN2O2S. The molecule has 0 spiro atoms. The van der Waals surface area contributed by atoms with Crippen molar-refractivity contribution < 1.29 is 12.8 Å². The first-order valence-corrected chi connectivity index (χ1v) is 8.62. The number of pyridine rings is 1. The second-order valence-electron chi connectivity index (χ2n) is 5.54. The van der Waals surface area contributed by atoms with Crippen LogP contribution in [-0.2, 0) is 9.84 Å². The molecule has 112 valence electrons. The van der Waals surface area contributed by atoms with Gasteiger partial charge < -0.3 is 4.90 Å². The van der Waals surface area contributed by atoms with Gasteiger partial charge >= 0.3 is 0 Å². The number of halogens is 1. The summed E-state index contributed by atoms with van der Waals surface area (Å²) >= 11 is 0. The first-order chi connectivity index (χ1) is 9.88. The summed E-state index contributed by atoms with van der Waals surface area (Å²) in [4.78, 5) is 6.27. The molecule has 1 aromatic heterocycles. The minimum atomic E-state index is -3.01. The molecule has 2 aromatic rings. The van der Waals surface area contributed by atoms with Crippen LogP contribution >= 0.6 is 0 Å². The van der Waals surface area contributed by atoms with E-state index in [1.807, 2.05) is 24.0 Å². The zero-order chi connectivity index (χ0) is 15.2. The van der Waals surface area contributed by atoms with Crippen LogP contribution in [0.4, 0.5) is 10.1 Å². The fourth-order valence-corrected chi connectivity index (χ4v) is 4.04. The molecule has 6 heteroatoms. The third kappa shape index (κ3) is 2.48. The highest BCUT2D eigenvalue weighted by molar-refractivity contribution is 7.92. The Morgan fingerprint density at radius 3 is 2.86 bits per heavy atom. The Morgan fingerprint density at radius 1 is 1.38 bits per heavy atom. The Morgan fingerprint density at radius 2 is 2.14 bits per heavy atom. The predicted molar refractivity (Wildman–Crippen MR) is 81.9 cm³/mol. The number of rotatable bonds is 1. The van der Waals surface area contributed by atoms with Crippen molar-refractivity contribution in [1.29, 1.82) is 0 Å². The van der Waals surface area contributed by atoms with Gasteiger partial charge in [0.25, 0.3) is 0 Å². The quantitative estimate of drug-likeness (QED) is 0.811. The van der Waals surface area contributed by atoms with Crippen LogP contribution in [0.1, 0.15) is 12.6 Å². The van der Waals surface area contributed by atoms with Gasteiger partial charge in [0.15, 0.2) is 9.84 Å². The highest BCUT2D eigenvalue weighted by Gasteiger charge is 2.30. The Labute approximate surface area is 123 Å². The molecule has 3 rings (SSSR count). The third-order valence-electron chi connectivity index (χ3n) is 3.97. The van der Waals surface area contributed by atoms with Gasteiger partial charge in [0.2, 0.25) is 0 Å². The average Bonchev–Trinajstić information content (AvgIpc) is 2.42. The van der Waals surface area contributed by atoms with Crippen molar-refractivity contribution >= 4 is 26.4 Å². The molecular weight excluding hydrogens is 291 g/mol. The minimum Gasteiger partial charge on any atom is -0.369 e. The van der Waals surface area contributed by atoms with Gasteiger partial charge in [-0.05, 0) is 26.0 Å². The molecule has 2 heterocycles. The summed E-state index contributed by atoms with van der Waals surface area (Å²) < 4.78 is 37.6. The largest absolute Gasteiger partial charge is 0.369 e. The molecule has 0 aliphatic carbocycles. The zero-order valence-corrected chi connectivity index (χ0v) is 12.8. The lowest BCUT2D eigenvalue weighted by molar-refractivity contribution is 0.569. The van der Waals surface area contributed by atoms with Gasteiger partial charge in [-0.15, -0.1) is 0 Å². The van der Waals surface area contributed by atoms with Gasteiger partial charge in [-0.1, -0.05) is 12.1 Å². The van der Waals surface area contributed by atoms with Crippen LogP contribution in [0.5, 0.6) is 0 Å². The number of anilines is 1. The normalized spacial score (nSPS) is 21.7. The standard InChI is InChI=1S/C15H17FN2O2S/c1-10-8-14(12-4-3-5-13(16)15(12)17-10)18-6-7-21(19,20)11(2)9-18/h3-5,8,11H,6-7,9H2,1-2H3/t11-/m0/s1. The van der Waals surface area contributed by atoms with Gasteiger partial charge in [-0.3, -0.25) is 0 Å². The number of aryl methyl sites for hydroxylation is 1. The lowest BCUT2D eigenvalue weighted by Gasteiger charge is -2.33. The van der Waals surface area contributed by atoms with Crippen LogP contribution < -0.4 is 4.90 Å². The van der Waals surface area contributed by atoms with Crippen molar-refractivity contribution in [3.05, 3.63) is 35.8 Å². The average molecular weight is 308 g/mol. The van der Waals surface area contributed by atoms with E-state index in [4.69, 9.17) is 0 Å². The first-order valence-electron chi connectivity index (χ1n) is 6.91. The van der Waals surface area contributed by atoms with Gasteiger partial charge in [0.05, 0.1) is 11.0 Å². The van der Waals surface area contributed by atoms with E-state index in [2.05, 4.69) is 4.98 Å². The van der Waals surface area contributed by atoms with E-state index in [9.17, 15) is 12.8 Å². The van der Waals surface area contributed by atoms with Crippen molar-refractivity contribution in [2.24, 2.45) is 0 Å². The number of fused-ring (bicyclic) bond motifs is 1. The van der Waals surface area contributed by atoms with Gasteiger partial charge in [-0.2, -0.15) is 0 Å². The molecule has 1 atom stereocenters. The topological polar surface area (TPSA) is 50.3 Å². The molecule has 0 N–H and O–H groups in total. The fraction of sp³-hybridized carbons (Fsp3) is 0.400. The van der Waals surface area contributed by atoms with E-state index in [-0.39, 0.29) is 11.6 Å². The van der Waals surface area contributed by atoms with E-state index in [1.165, 1.54) is 6.07 Å². The number of para-hydroxylation sites is 1. The SMILES string of the molecule is Cc1cc(N2CCS(=O)(=O)[C@@H](C)C2)c2cccc(F)c2n1. The van der Waals surface area contributed by atoms with Crippen molar-refractivity contribution in [2.75, 3.05) is 23.7 Å². The summed E-state index contributed by atoms with van der Waals surface area (Å²) in [6, 6.07) is 6.77. The molecule has 0 bridgehead atoms. The van der Waals surface area contributed by atoms with Crippen molar-refractivity contribution in [3.63, 3.8) is 0 Å². The van der Waals surface area contributed by atoms with Gasteiger partial charge in [0.1, 0.15) is 11.3 Å². The second-order valence-corrected chi connectivity index (χ2v) is 8.08. The monoisotopic (exact) mass is 308 g/mol. The van der Waals surface area contributed by atoms with Crippen LogP contribution in [0.3, 0.4) is 0 Å². The Hall–Kier alpha value is -1.69. The summed E-state index contributed by atoms with van der Waals surface area (Å²) in [5, 5.41) is 0.315. The number of aromatic nitrogens is 1. The second kappa shape index (κ2) is 4.94. The highest BCUT2D eigenvalue weighted by atomic mass is 32.2. The van der Waals surface area contributed by atoms with Crippen molar-refractivity contribution in [1.82, 2.24) is 4.98 Å². The molecule has 4 nitrogen and oxygen atoms in total. The first kappa shape index (κ1) is 14.3. The summed E-state index contributed by atoms with van der Waals surface area (Å²) in [6.45, 7) is 4.40. The molecule has 21 heavy (non-hydrogen) atoms. The molecule has 1 saturated heterocycles. The van der Waals surface area contributed by atoms with E-state index < -0.39 is 15.1 Å². The lowest BCUT2D eigenvalue weighted by atomic mass is 10.1. The molecule has 0 unspecified atom stereocenters. The smallest absolute Gasteiger partial charge is 0.156 e. The van der Waals surface area contributed by atoms with Gasteiger partial charge in [-0.25, -0.2) is 17.8 Å². The van der Waals surface area contributed by atoms with E-state index >= 15 is 0 Å². The number of hydrogen-bond donors (Lipinski definition) is 0. The maximum absolute atomic E-state index is 13.9. The van der Waals surface area contributed by atoms with E-state index in [1.54, 1.807) is 13.0 Å². The lowest BCUT2D eigenvalue weighted by Crippen LogP contribution is -2.45. The van der Waals surface area contributed by atoms with Crippen LogP contribution in [0.2, 0.25) is 0 Å². The molecule has 1 fully saturated rings. The molecule has 0 amide bonds. The minimum absolute atomic E-state index is 0.131. The molecule has 1 aliphatic heterocycles. The number of nitrogens with zero attached hydrogens (tertiary/aromatic N) is 2. The molecule has 0 radical (unpaired) electrons. The zero-order valence-electron chi connectivity index (χ0n) is 12.0. The van der Waals surface area contributed by atoms with E-state index in [0.29, 0.717) is 18.6 Å². The Kier molecular flexibility index (Phi) is 3.36. The summed E-state index contributed by atoms with van der Waals surface area (Å²) in [6.07, 6.45) is 0. The Bertz CT molecular complexity index is 805. The van der Waals surface area contributed by atoms with Crippen LogP contribution in [-0.4, -0.2) is 37.5 Å². The summed E-state index contributed by atoms with van der Waals surface area (Å²) in [7, 11) is -3.01. The molecule has 0 saturated carbocycles. The highest BCUT2D eigenvalue weighted by Crippen LogP contribution is 2.30. The van der Waals surface area contributed by atoms with Crippen LogP contribution in [0.15, 0.2) is 24.3 Å². The maximum Gasteiger partial charge on any atom is 0.156 e. The summed E-state index contributed by atoms with van der Waals surface area (Å²) in [5.41, 5.74) is 1.93. The van der Waals surface area contributed by atoms with Crippen molar-refractivity contribution in [3.8, 4) is 0 Å². The number of sulfone groups is 1. The predicted octanol–water partition coefficient (Wildman–Crippen LogP) is 2.31. The van der Waals surface area contributed by atoms with Crippen molar-refractivity contribution in [2.45, 2.75) is 19.1 Å².